The zero-order chi connectivity index (χ0) is 13.1. The summed E-state index contributed by atoms with van der Waals surface area (Å²) in [7, 11) is 3.90. The molecule has 0 bridgehead atoms. The Bertz CT molecular complexity index is 389. The Kier molecular flexibility index (Phi) is 4.71. The fourth-order valence-corrected chi connectivity index (χ4v) is 1.90. The van der Waals surface area contributed by atoms with Gasteiger partial charge in [0.2, 0.25) is 0 Å². The highest BCUT2D eigenvalue weighted by Crippen LogP contribution is 2.29. The Morgan fingerprint density at radius 1 is 1.35 bits per heavy atom. The Morgan fingerprint density at radius 2 is 1.88 bits per heavy atom. The summed E-state index contributed by atoms with van der Waals surface area (Å²) in [6.45, 7) is 2.53. The number of nitrogens with zero attached hydrogens (tertiary/aromatic N) is 1. The molecule has 0 aromatic heterocycles. The van der Waals surface area contributed by atoms with E-state index in [1.807, 2.05) is 43.3 Å². The summed E-state index contributed by atoms with van der Waals surface area (Å²) in [6, 6.07) is 7.50. The van der Waals surface area contributed by atoms with Crippen LogP contribution in [0.4, 0.5) is 0 Å². The molecule has 1 N–H and O–H groups in total. The maximum atomic E-state index is 11.5. The highest BCUT2D eigenvalue weighted by Gasteiger charge is 2.34. The second-order valence-corrected chi connectivity index (χ2v) is 5.61. The summed E-state index contributed by atoms with van der Waals surface area (Å²) in [5.41, 5.74) is 0.0142. The van der Waals surface area contributed by atoms with E-state index in [0.717, 1.165) is 16.6 Å². The third kappa shape index (κ3) is 3.54. The predicted octanol–water partition coefficient (Wildman–Crippen LogP) is 2.74. The van der Waals surface area contributed by atoms with Crippen LogP contribution in [0.5, 0.6) is 0 Å². The largest absolute Gasteiger partial charge is 0.481 e. The van der Waals surface area contributed by atoms with E-state index in [4.69, 9.17) is 0 Å². The monoisotopic (exact) mass is 299 g/mol. The standard InChI is InChI=1S/C13H18BrNO2/c1-13(12(16)17,8-9-15(2)3)10-4-6-11(14)7-5-10/h4-7H,8-9H2,1-3H3,(H,16,17). The molecule has 0 aliphatic rings. The molecule has 0 amide bonds. The lowest BCUT2D eigenvalue weighted by Crippen LogP contribution is -2.35. The number of rotatable bonds is 5. The van der Waals surface area contributed by atoms with E-state index in [9.17, 15) is 9.90 Å². The molecule has 94 valence electrons. The number of carbonyl (C=O) groups is 1. The molecule has 0 fully saturated rings. The van der Waals surface area contributed by atoms with Gasteiger partial charge in [-0.15, -0.1) is 0 Å². The number of aliphatic carboxylic acids is 1. The molecule has 1 rings (SSSR count). The Labute approximate surface area is 111 Å². The quantitative estimate of drug-likeness (QED) is 0.909. The lowest BCUT2D eigenvalue weighted by atomic mass is 9.79. The minimum absolute atomic E-state index is 0.594. The second-order valence-electron chi connectivity index (χ2n) is 4.70. The third-order valence-electron chi connectivity index (χ3n) is 3.01. The molecule has 0 saturated carbocycles. The number of carboxylic acids is 1. The fourth-order valence-electron chi connectivity index (χ4n) is 1.64. The van der Waals surface area contributed by atoms with E-state index >= 15 is 0 Å². The van der Waals surface area contributed by atoms with Crippen LogP contribution >= 0.6 is 15.9 Å². The van der Waals surface area contributed by atoms with Crippen molar-refractivity contribution in [2.45, 2.75) is 18.8 Å². The first-order valence-corrected chi connectivity index (χ1v) is 6.30. The molecule has 0 heterocycles. The van der Waals surface area contributed by atoms with Gasteiger partial charge in [-0.3, -0.25) is 4.79 Å². The minimum Gasteiger partial charge on any atom is -0.481 e. The van der Waals surface area contributed by atoms with E-state index in [0.29, 0.717) is 6.42 Å². The summed E-state index contributed by atoms with van der Waals surface area (Å²) >= 11 is 3.36. The van der Waals surface area contributed by atoms with Gasteiger partial charge in [-0.05, 0) is 51.7 Å². The fraction of sp³-hybridized carbons (Fsp3) is 0.462. The first kappa shape index (κ1) is 14.2. The molecule has 1 aromatic rings. The van der Waals surface area contributed by atoms with Crippen molar-refractivity contribution in [3.8, 4) is 0 Å². The van der Waals surface area contributed by atoms with Gasteiger partial charge in [0.25, 0.3) is 0 Å². The lowest BCUT2D eigenvalue weighted by Gasteiger charge is -2.27. The SMILES string of the molecule is CN(C)CCC(C)(C(=O)O)c1ccc(Br)cc1. The highest BCUT2D eigenvalue weighted by molar-refractivity contribution is 9.10. The Morgan fingerprint density at radius 3 is 2.29 bits per heavy atom. The molecule has 1 aromatic carbocycles. The number of halogens is 1. The summed E-state index contributed by atoms with van der Waals surface area (Å²) in [4.78, 5) is 13.5. The van der Waals surface area contributed by atoms with E-state index < -0.39 is 11.4 Å². The van der Waals surface area contributed by atoms with E-state index in [-0.39, 0.29) is 0 Å². The maximum absolute atomic E-state index is 11.5. The topological polar surface area (TPSA) is 40.5 Å². The number of carboxylic acid groups (broad SMARTS) is 1. The minimum atomic E-state index is -0.828. The van der Waals surface area contributed by atoms with Crippen molar-refractivity contribution in [1.29, 1.82) is 0 Å². The molecule has 1 unspecified atom stereocenters. The van der Waals surface area contributed by atoms with Gasteiger partial charge in [-0.25, -0.2) is 0 Å². The number of hydrogen-bond acceptors (Lipinski definition) is 2. The van der Waals surface area contributed by atoms with Crippen molar-refractivity contribution in [2.75, 3.05) is 20.6 Å². The van der Waals surface area contributed by atoms with Gasteiger partial charge in [-0.1, -0.05) is 28.1 Å². The van der Waals surface area contributed by atoms with E-state index in [2.05, 4.69) is 15.9 Å². The molecular weight excluding hydrogens is 282 g/mol. The van der Waals surface area contributed by atoms with Gasteiger partial charge < -0.3 is 10.0 Å². The normalized spacial score (nSPS) is 14.6. The smallest absolute Gasteiger partial charge is 0.313 e. The lowest BCUT2D eigenvalue weighted by molar-refractivity contribution is -0.143. The van der Waals surface area contributed by atoms with Gasteiger partial charge in [-0.2, -0.15) is 0 Å². The molecule has 3 nitrogen and oxygen atoms in total. The van der Waals surface area contributed by atoms with Crippen LogP contribution in [-0.2, 0) is 10.2 Å². The predicted molar refractivity (Wildman–Crippen MR) is 72.3 cm³/mol. The molecule has 4 heteroatoms. The van der Waals surface area contributed by atoms with Gasteiger partial charge in [0.05, 0.1) is 5.41 Å². The molecular formula is C13H18BrNO2. The average molecular weight is 300 g/mol. The molecule has 0 aliphatic heterocycles. The van der Waals surface area contributed by atoms with Crippen LogP contribution in [-0.4, -0.2) is 36.6 Å². The van der Waals surface area contributed by atoms with Crippen LogP contribution in [0.15, 0.2) is 28.7 Å². The average Bonchev–Trinajstić information content (AvgIpc) is 2.26. The van der Waals surface area contributed by atoms with Gasteiger partial charge in [0.15, 0.2) is 0 Å². The zero-order valence-electron chi connectivity index (χ0n) is 10.4. The van der Waals surface area contributed by atoms with Crippen molar-refractivity contribution in [3.05, 3.63) is 34.3 Å². The third-order valence-corrected chi connectivity index (χ3v) is 3.54. The first-order valence-electron chi connectivity index (χ1n) is 5.50. The molecule has 0 spiro atoms. The maximum Gasteiger partial charge on any atom is 0.313 e. The van der Waals surface area contributed by atoms with Crippen LogP contribution in [0, 0.1) is 0 Å². The molecule has 0 saturated heterocycles. The van der Waals surface area contributed by atoms with Crippen LogP contribution in [0.3, 0.4) is 0 Å². The van der Waals surface area contributed by atoms with Crippen molar-refractivity contribution in [3.63, 3.8) is 0 Å². The Balaban J connectivity index is 2.98. The van der Waals surface area contributed by atoms with Crippen molar-refractivity contribution >= 4 is 21.9 Å². The summed E-state index contributed by atoms with van der Waals surface area (Å²) < 4.78 is 0.960. The van der Waals surface area contributed by atoms with Crippen LogP contribution in [0.2, 0.25) is 0 Å². The summed E-state index contributed by atoms with van der Waals surface area (Å²) in [5.74, 6) is -0.776. The Hall–Kier alpha value is -0.870. The van der Waals surface area contributed by atoms with Crippen LogP contribution in [0.25, 0.3) is 0 Å². The van der Waals surface area contributed by atoms with Crippen molar-refractivity contribution in [2.24, 2.45) is 0 Å². The molecule has 0 radical (unpaired) electrons. The molecule has 0 aliphatic carbocycles. The van der Waals surface area contributed by atoms with Crippen LogP contribution < -0.4 is 0 Å². The van der Waals surface area contributed by atoms with Crippen molar-refractivity contribution in [1.82, 2.24) is 4.90 Å². The van der Waals surface area contributed by atoms with E-state index in [1.54, 1.807) is 6.92 Å². The summed E-state index contributed by atoms with van der Waals surface area (Å²) in [6.07, 6.45) is 0.594. The zero-order valence-corrected chi connectivity index (χ0v) is 12.0. The highest BCUT2D eigenvalue weighted by atomic mass is 79.9. The van der Waals surface area contributed by atoms with Gasteiger partial charge >= 0.3 is 5.97 Å². The van der Waals surface area contributed by atoms with Crippen LogP contribution in [0.1, 0.15) is 18.9 Å². The summed E-state index contributed by atoms with van der Waals surface area (Å²) in [5, 5.41) is 9.44. The van der Waals surface area contributed by atoms with Gasteiger partial charge in [0.1, 0.15) is 0 Å². The molecule has 1 atom stereocenters. The first-order chi connectivity index (χ1) is 7.86. The number of benzene rings is 1. The van der Waals surface area contributed by atoms with E-state index in [1.165, 1.54) is 0 Å². The number of hydrogen-bond donors (Lipinski definition) is 1. The van der Waals surface area contributed by atoms with Crippen molar-refractivity contribution < 1.29 is 9.90 Å². The molecule has 17 heavy (non-hydrogen) atoms. The second kappa shape index (κ2) is 5.65. The van der Waals surface area contributed by atoms with Gasteiger partial charge in [0, 0.05) is 4.47 Å².